The van der Waals surface area contributed by atoms with Gasteiger partial charge in [-0.05, 0) is 52.3 Å². The van der Waals surface area contributed by atoms with E-state index in [1.165, 1.54) is 18.2 Å². The molecule has 98 valence electrons. The summed E-state index contributed by atoms with van der Waals surface area (Å²) in [6.07, 6.45) is 0. The fraction of sp³-hybridized carbons (Fsp3) is 0. The van der Waals surface area contributed by atoms with E-state index in [2.05, 4.69) is 21.2 Å². The predicted molar refractivity (Wildman–Crippen MR) is 76.8 cm³/mol. The van der Waals surface area contributed by atoms with Crippen molar-refractivity contribution in [1.82, 2.24) is 0 Å². The molecule has 19 heavy (non-hydrogen) atoms. The number of hydrogen-bond acceptors (Lipinski definition) is 3. The van der Waals surface area contributed by atoms with Gasteiger partial charge in [0, 0.05) is 10.2 Å². The van der Waals surface area contributed by atoms with E-state index in [9.17, 15) is 9.18 Å². The molecule has 6 heteroatoms. The van der Waals surface area contributed by atoms with Gasteiger partial charge in [-0.15, -0.1) is 0 Å². The van der Waals surface area contributed by atoms with E-state index >= 15 is 0 Å². The Bertz CT molecular complexity index is 646. The highest BCUT2D eigenvalue weighted by Crippen LogP contribution is 2.29. The molecular weight excluding hydrogens is 313 g/mol. The van der Waals surface area contributed by atoms with Gasteiger partial charge in [0.2, 0.25) is 0 Å². The Morgan fingerprint density at radius 3 is 2.58 bits per heavy atom. The number of nitrogens with two attached hydrogens (primary N) is 2. The highest BCUT2D eigenvalue weighted by molar-refractivity contribution is 9.10. The second kappa shape index (κ2) is 5.27. The smallest absolute Gasteiger partial charge is 0.250 e. The average Bonchev–Trinajstić information content (AvgIpc) is 2.33. The predicted octanol–water partition coefficient (Wildman–Crippen LogP) is 3.01. The number of anilines is 3. The molecule has 0 spiro atoms. The Balaban J connectivity index is 2.45. The van der Waals surface area contributed by atoms with E-state index < -0.39 is 11.7 Å². The third kappa shape index (κ3) is 3.03. The lowest BCUT2D eigenvalue weighted by atomic mass is 10.1. The van der Waals surface area contributed by atoms with Crippen LogP contribution in [0.2, 0.25) is 0 Å². The Morgan fingerprint density at radius 1 is 1.16 bits per heavy atom. The largest absolute Gasteiger partial charge is 0.399 e. The summed E-state index contributed by atoms with van der Waals surface area (Å²) in [6.45, 7) is 0. The maximum atomic E-state index is 13.2. The van der Waals surface area contributed by atoms with Crippen LogP contribution in [0.3, 0.4) is 0 Å². The van der Waals surface area contributed by atoms with Gasteiger partial charge in [0.05, 0.1) is 16.9 Å². The van der Waals surface area contributed by atoms with E-state index in [1.54, 1.807) is 18.2 Å². The van der Waals surface area contributed by atoms with Crippen molar-refractivity contribution in [1.29, 1.82) is 0 Å². The normalized spacial score (nSPS) is 10.2. The maximum absolute atomic E-state index is 13.2. The Kier molecular flexibility index (Phi) is 3.71. The first-order chi connectivity index (χ1) is 8.97. The molecule has 2 aromatic carbocycles. The summed E-state index contributed by atoms with van der Waals surface area (Å²) in [6, 6.07) is 8.85. The first kappa shape index (κ1) is 13.4. The van der Waals surface area contributed by atoms with Crippen LogP contribution in [-0.4, -0.2) is 5.91 Å². The molecule has 0 unspecified atom stereocenters. The van der Waals surface area contributed by atoms with Gasteiger partial charge < -0.3 is 16.8 Å². The zero-order valence-electron chi connectivity index (χ0n) is 9.78. The number of benzene rings is 2. The summed E-state index contributed by atoms with van der Waals surface area (Å²) < 4.78 is 13.9. The highest BCUT2D eigenvalue weighted by Gasteiger charge is 2.10. The third-order valence-electron chi connectivity index (χ3n) is 2.51. The van der Waals surface area contributed by atoms with Crippen molar-refractivity contribution in [3.05, 3.63) is 52.3 Å². The molecule has 0 saturated carbocycles. The van der Waals surface area contributed by atoms with Gasteiger partial charge >= 0.3 is 0 Å². The molecule has 5 N–H and O–H groups in total. The number of primary amides is 1. The summed E-state index contributed by atoms with van der Waals surface area (Å²) in [5.41, 5.74) is 12.6. The first-order valence-electron chi connectivity index (χ1n) is 5.39. The number of carbonyl (C=O) groups is 1. The quantitative estimate of drug-likeness (QED) is 0.759. The van der Waals surface area contributed by atoms with Gasteiger partial charge in [0.15, 0.2) is 0 Å². The third-order valence-corrected chi connectivity index (χ3v) is 3.20. The number of carbonyl (C=O) groups excluding carboxylic acids is 1. The van der Waals surface area contributed by atoms with Crippen LogP contribution in [0.5, 0.6) is 0 Å². The van der Waals surface area contributed by atoms with Crippen LogP contribution in [0.1, 0.15) is 10.4 Å². The minimum atomic E-state index is -0.588. The number of amides is 1. The Hall–Kier alpha value is -2.08. The van der Waals surface area contributed by atoms with Crippen LogP contribution in [-0.2, 0) is 0 Å². The van der Waals surface area contributed by atoms with Gasteiger partial charge in [-0.1, -0.05) is 0 Å². The summed E-state index contributed by atoms with van der Waals surface area (Å²) in [5, 5.41) is 2.94. The molecule has 0 saturated heterocycles. The molecule has 0 radical (unpaired) electrons. The molecule has 0 heterocycles. The lowest BCUT2D eigenvalue weighted by Crippen LogP contribution is -2.13. The molecule has 0 aliphatic carbocycles. The van der Waals surface area contributed by atoms with Crippen LogP contribution < -0.4 is 16.8 Å². The average molecular weight is 324 g/mol. The molecular formula is C13H11BrFN3O. The first-order valence-corrected chi connectivity index (χ1v) is 6.18. The molecule has 2 rings (SSSR count). The van der Waals surface area contributed by atoms with E-state index in [-0.39, 0.29) is 5.56 Å². The van der Waals surface area contributed by atoms with Crippen LogP contribution >= 0.6 is 15.9 Å². The standard InChI is InChI=1S/C13H11BrFN3O/c14-10-4-1-7(15)5-12(10)18-11-6-8(16)2-3-9(11)13(17)19/h1-6,18H,16H2,(H2,17,19). The maximum Gasteiger partial charge on any atom is 0.250 e. The SMILES string of the molecule is NC(=O)c1ccc(N)cc1Nc1cc(F)ccc1Br. The van der Waals surface area contributed by atoms with Crippen molar-refractivity contribution in [2.75, 3.05) is 11.1 Å². The van der Waals surface area contributed by atoms with Crippen molar-refractivity contribution in [2.24, 2.45) is 5.73 Å². The zero-order chi connectivity index (χ0) is 14.0. The second-order valence-corrected chi connectivity index (χ2v) is 4.77. The minimum Gasteiger partial charge on any atom is -0.399 e. The molecule has 1 amide bonds. The molecule has 4 nitrogen and oxygen atoms in total. The van der Waals surface area contributed by atoms with Crippen LogP contribution in [0, 0.1) is 5.82 Å². The van der Waals surface area contributed by atoms with Crippen molar-refractivity contribution in [2.45, 2.75) is 0 Å². The topological polar surface area (TPSA) is 81.1 Å². The lowest BCUT2D eigenvalue weighted by molar-refractivity contribution is 0.100. The molecule has 0 fully saturated rings. The second-order valence-electron chi connectivity index (χ2n) is 3.92. The van der Waals surface area contributed by atoms with Gasteiger partial charge in [-0.3, -0.25) is 4.79 Å². The molecule has 2 aromatic rings. The molecule has 0 aliphatic rings. The van der Waals surface area contributed by atoms with Gasteiger partial charge in [-0.25, -0.2) is 4.39 Å². The van der Waals surface area contributed by atoms with Gasteiger partial charge in [0.1, 0.15) is 5.82 Å². The summed E-state index contributed by atoms with van der Waals surface area (Å²) in [5.74, 6) is -0.981. The van der Waals surface area contributed by atoms with Gasteiger partial charge in [0.25, 0.3) is 5.91 Å². The highest BCUT2D eigenvalue weighted by atomic mass is 79.9. The molecule has 0 atom stereocenters. The number of halogens is 2. The number of hydrogen-bond donors (Lipinski definition) is 3. The van der Waals surface area contributed by atoms with Crippen molar-refractivity contribution in [3.63, 3.8) is 0 Å². The molecule has 0 aromatic heterocycles. The minimum absolute atomic E-state index is 0.283. The Morgan fingerprint density at radius 2 is 1.89 bits per heavy atom. The lowest BCUT2D eigenvalue weighted by Gasteiger charge is -2.12. The van der Waals surface area contributed by atoms with Crippen molar-refractivity contribution < 1.29 is 9.18 Å². The summed E-state index contributed by atoms with van der Waals surface area (Å²) in [4.78, 5) is 11.3. The molecule has 0 aliphatic heterocycles. The number of nitrogens with one attached hydrogen (secondary N) is 1. The van der Waals surface area contributed by atoms with E-state index in [1.807, 2.05) is 0 Å². The summed E-state index contributed by atoms with van der Waals surface area (Å²) >= 11 is 3.29. The van der Waals surface area contributed by atoms with E-state index in [0.717, 1.165) is 0 Å². The molecule has 0 bridgehead atoms. The van der Waals surface area contributed by atoms with E-state index in [0.29, 0.717) is 21.5 Å². The fourth-order valence-electron chi connectivity index (χ4n) is 1.62. The van der Waals surface area contributed by atoms with Crippen molar-refractivity contribution in [3.8, 4) is 0 Å². The van der Waals surface area contributed by atoms with Gasteiger partial charge in [-0.2, -0.15) is 0 Å². The van der Waals surface area contributed by atoms with Crippen LogP contribution in [0.25, 0.3) is 0 Å². The fourth-order valence-corrected chi connectivity index (χ4v) is 1.96. The number of nitrogen functional groups attached to an aromatic ring is 1. The Labute approximate surface area is 117 Å². The van der Waals surface area contributed by atoms with E-state index in [4.69, 9.17) is 11.5 Å². The van der Waals surface area contributed by atoms with Crippen LogP contribution in [0.15, 0.2) is 40.9 Å². The summed E-state index contributed by atoms with van der Waals surface area (Å²) in [7, 11) is 0. The van der Waals surface area contributed by atoms with Crippen molar-refractivity contribution >= 4 is 38.9 Å². The van der Waals surface area contributed by atoms with Crippen LogP contribution in [0.4, 0.5) is 21.5 Å². The zero-order valence-corrected chi connectivity index (χ0v) is 11.4. The monoisotopic (exact) mass is 323 g/mol. The number of rotatable bonds is 3.